The Hall–Kier alpha value is -1.97. The van der Waals surface area contributed by atoms with Gasteiger partial charge in [0, 0.05) is 25.2 Å². The number of aromatic nitrogens is 2. The summed E-state index contributed by atoms with van der Waals surface area (Å²) in [5, 5.41) is 4.04. The van der Waals surface area contributed by atoms with E-state index in [-0.39, 0.29) is 11.6 Å². The minimum Gasteiger partial charge on any atom is -0.294 e. The molecule has 1 aromatic carbocycles. The maximum Gasteiger partial charge on any atom is 0.163 e. The van der Waals surface area contributed by atoms with E-state index < -0.39 is 0 Å². The third-order valence-electron chi connectivity index (χ3n) is 2.90. The Morgan fingerprint density at radius 3 is 2.89 bits per heavy atom. The topological polar surface area (TPSA) is 34.9 Å². The van der Waals surface area contributed by atoms with Gasteiger partial charge in [-0.2, -0.15) is 5.10 Å². The molecule has 2 aromatic rings. The molecule has 2 rings (SSSR count). The fourth-order valence-electron chi connectivity index (χ4n) is 1.89. The van der Waals surface area contributed by atoms with Crippen molar-refractivity contribution in [2.24, 2.45) is 7.05 Å². The minimum absolute atomic E-state index is 0.0316. The highest BCUT2D eigenvalue weighted by molar-refractivity contribution is 5.97. The van der Waals surface area contributed by atoms with Crippen molar-refractivity contribution < 1.29 is 9.18 Å². The van der Waals surface area contributed by atoms with Gasteiger partial charge in [0.1, 0.15) is 5.82 Å². The molecule has 0 aliphatic carbocycles. The number of ketones is 1. The second kappa shape index (κ2) is 5.12. The van der Waals surface area contributed by atoms with Gasteiger partial charge in [0.2, 0.25) is 0 Å². The van der Waals surface area contributed by atoms with Crippen LogP contribution in [0.25, 0.3) is 0 Å². The first-order valence-electron chi connectivity index (χ1n) is 5.83. The molecule has 0 N–H and O–H groups in total. The number of nitrogens with zero attached hydrogens (tertiary/aromatic N) is 2. The standard InChI is InChI=1S/C14H15FN2O/c1-10-3-5-12(15)7-13(10)14(18)6-4-11-8-16-17(2)9-11/h3,5,7-9H,4,6H2,1-2H3. The van der Waals surface area contributed by atoms with Crippen LogP contribution in [0.15, 0.2) is 30.6 Å². The third-order valence-corrected chi connectivity index (χ3v) is 2.90. The van der Waals surface area contributed by atoms with Crippen molar-refractivity contribution in [3.8, 4) is 0 Å². The van der Waals surface area contributed by atoms with Crippen LogP contribution in [-0.4, -0.2) is 15.6 Å². The predicted molar refractivity (Wildman–Crippen MR) is 67.0 cm³/mol. The molecular formula is C14H15FN2O. The zero-order valence-corrected chi connectivity index (χ0v) is 10.5. The largest absolute Gasteiger partial charge is 0.294 e. The van der Waals surface area contributed by atoms with Gasteiger partial charge in [0.25, 0.3) is 0 Å². The Labute approximate surface area is 105 Å². The van der Waals surface area contributed by atoms with Crippen molar-refractivity contribution in [3.63, 3.8) is 0 Å². The van der Waals surface area contributed by atoms with E-state index in [1.165, 1.54) is 12.1 Å². The number of rotatable bonds is 4. The maximum absolute atomic E-state index is 13.1. The number of hydrogen-bond acceptors (Lipinski definition) is 2. The molecular weight excluding hydrogens is 231 g/mol. The molecule has 1 aromatic heterocycles. The normalized spacial score (nSPS) is 10.6. The Morgan fingerprint density at radius 2 is 2.22 bits per heavy atom. The number of Topliss-reactive ketones (excluding diaryl/α,β-unsaturated/α-hetero) is 1. The summed E-state index contributed by atoms with van der Waals surface area (Å²) in [6.45, 7) is 1.82. The molecule has 0 radical (unpaired) electrons. The molecule has 94 valence electrons. The summed E-state index contributed by atoms with van der Waals surface area (Å²) < 4.78 is 14.8. The van der Waals surface area contributed by atoms with Gasteiger partial charge in [0.05, 0.1) is 6.20 Å². The molecule has 0 spiro atoms. The number of aryl methyl sites for hydroxylation is 3. The lowest BCUT2D eigenvalue weighted by atomic mass is 10.0. The lowest BCUT2D eigenvalue weighted by Crippen LogP contribution is -2.04. The monoisotopic (exact) mass is 246 g/mol. The van der Waals surface area contributed by atoms with Crippen LogP contribution in [0.2, 0.25) is 0 Å². The third kappa shape index (κ3) is 2.83. The van der Waals surface area contributed by atoms with Crippen molar-refractivity contribution in [2.45, 2.75) is 19.8 Å². The summed E-state index contributed by atoms with van der Waals surface area (Å²) in [6.07, 6.45) is 4.62. The zero-order chi connectivity index (χ0) is 13.1. The number of halogens is 1. The van der Waals surface area contributed by atoms with E-state index in [4.69, 9.17) is 0 Å². The lowest BCUT2D eigenvalue weighted by Gasteiger charge is -2.04. The predicted octanol–water partition coefficient (Wildman–Crippen LogP) is 2.68. The average molecular weight is 246 g/mol. The molecule has 0 saturated carbocycles. The second-order valence-corrected chi connectivity index (χ2v) is 4.40. The van der Waals surface area contributed by atoms with Crippen LogP contribution < -0.4 is 0 Å². The summed E-state index contributed by atoms with van der Waals surface area (Å²) in [4.78, 5) is 12.0. The van der Waals surface area contributed by atoms with E-state index in [9.17, 15) is 9.18 Å². The Morgan fingerprint density at radius 1 is 1.44 bits per heavy atom. The molecule has 4 heteroatoms. The summed E-state index contributed by atoms with van der Waals surface area (Å²) in [6, 6.07) is 4.31. The van der Waals surface area contributed by atoms with Crippen LogP contribution in [0.4, 0.5) is 4.39 Å². The Kier molecular flexibility index (Phi) is 3.55. The first kappa shape index (κ1) is 12.5. The van der Waals surface area contributed by atoms with E-state index in [1.54, 1.807) is 16.9 Å². The van der Waals surface area contributed by atoms with Crippen molar-refractivity contribution in [1.82, 2.24) is 9.78 Å². The highest BCUT2D eigenvalue weighted by atomic mass is 19.1. The number of carbonyl (C=O) groups excluding carboxylic acids is 1. The Balaban J connectivity index is 2.05. The molecule has 0 aliphatic heterocycles. The number of benzene rings is 1. The fraction of sp³-hybridized carbons (Fsp3) is 0.286. The van der Waals surface area contributed by atoms with Crippen LogP contribution in [-0.2, 0) is 13.5 Å². The smallest absolute Gasteiger partial charge is 0.163 e. The molecule has 0 unspecified atom stereocenters. The molecule has 0 saturated heterocycles. The Bertz CT molecular complexity index is 575. The molecule has 0 fully saturated rings. The summed E-state index contributed by atoms with van der Waals surface area (Å²) in [7, 11) is 1.84. The maximum atomic E-state index is 13.1. The van der Waals surface area contributed by atoms with Gasteiger partial charge >= 0.3 is 0 Å². The van der Waals surface area contributed by atoms with Gasteiger partial charge in [0.15, 0.2) is 5.78 Å². The number of carbonyl (C=O) groups is 1. The first-order chi connectivity index (χ1) is 8.56. The summed E-state index contributed by atoms with van der Waals surface area (Å²) >= 11 is 0. The zero-order valence-electron chi connectivity index (χ0n) is 10.5. The molecule has 1 heterocycles. The van der Waals surface area contributed by atoms with Crippen LogP contribution in [0.5, 0.6) is 0 Å². The van der Waals surface area contributed by atoms with Crippen molar-refractivity contribution in [3.05, 3.63) is 53.1 Å². The van der Waals surface area contributed by atoms with E-state index >= 15 is 0 Å². The highest BCUT2D eigenvalue weighted by Gasteiger charge is 2.10. The van der Waals surface area contributed by atoms with Crippen molar-refractivity contribution in [2.75, 3.05) is 0 Å². The van der Waals surface area contributed by atoms with Crippen LogP contribution >= 0.6 is 0 Å². The lowest BCUT2D eigenvalue weighted by molar-refractivity contribution is 0.0982. The molecule has 0 aliphatic rings. The van der Waals surface area contributed by atoms with Gasteiger partial charge in [-0.05, 0) is 36.6 Å². The highest BCUT2D eigenvalue weighted by Crippen LogP contribution is 2.14. The van der Waals surface area contributed by atoms with Gasteiger partial charge in [-0.3, -0.25) is 9.48 Å². The van der Waals surface area contributed by atoms with Gasteiger partial charge in [-0.1, -0.05) is 6.07 Å². The van der Waals surface area contributed by atoms with Crippen LogP contribution in [0.3, 0.4) is 0 Å². The number of hydrogen-bond donors (Lipinski definition) is 0. The van der Waals surface area contributed by atoms with E-state index in [0.717, 1.165) is 11.1 Å². The average Bonchev–Trinajstić information content (AvgIpc) is 2.75. The van der Waals surface area contributed by atoms with Crippen molar-refractivity contribution in [1.29, 1.82) is 0 Å². The molecule has 18 heavy (non-hydrogen) atoms. The van der Waals surface area contributed by atoms with E-state index in [2.05, 4.69) is 5.10 Å². The quantitative estimate of drug-likeness (QED) is 0.777. The van der Waals surface area contributed by atoms with Crippen LogP contribution in [0.1, 0.15) is 27.9 Å². The molecule has 0 bridgehead atoms. The first-order valence-corrected chi connectivity index (χ1v) is 5.83. The fourth-order valence-corrected chi connectivity index (χ4v) is 1.89. The van der Waals surface area contributed by atoms with Gasteiger partial charge in [-0.25, -0.2) is 4.39 Å². The van der Waals surface area contributed by atoms with E-state index in [1.807, 2.05) is 20.2 Å². The minimum atomic E-state index is -0.370. The summed E-state index contributed by atoms with van der Waals surface area (Å²) in [5.74, 6) is -0.402. The molecule has 3 nitrogen and oxygen atoms in total. The van der Waals surface area contributed by atoms with Gasteiger partial charge < -0.3 is 0 Å². The van der Waals surface area contributed by atoms with Crippen LogP contribution in [0, 0.1) is 12.7 Å². The van der Waals surface area contributed by atoms with Crippen molar-refractivity contribution >= 4 is 5.78 Å². The molecule has 0 amide bonds. The second-order valence-electron chi connectivity index (χ2n) is 4.40. The van der Waals surface area contributed by atoms with Gasteiger partial charge in [-0.15, -0.1) is 0 Å². The molecule has 0 atom stereocenters. The van der Waals surface area contributed by atoms with E-state index in [0.29, 0.717) is 18.4 Å². The SMILES string of the molecule is Cc1ccc(F)cc1C(=O)CCc1cnn(C)c1. The summed E-state index contributed by atoms with van der Waals surface area (Å²) in [5.41, 5.74) is 2.30.